The summed E-state index contributed by atoms with van der Waals surface area (Å²) in [6, 6.07) is 6.68. The van der Waals surface area contributed by atoms with Gasteiger partial charge in [-0.25, -0.2) is 8.78 Å². The van der Waals surface area contributed by atoms with Crippen LogP contribution in [0.1, 0.15) is 43.2 Å². The molecule has 1 fully saturated rings. The predicted octanol–water partition coefficient (Wildman–Crippen LogP) is 4.92. The fourth-order valence-corrected chi connectivity index (χ4v) is 2.95. The molecule has 1 aliphatic carbocycles. The Morgan fingerprint density at radius 1 is 1.25 bits per heavy atom. The van der Waals surface area contributed by atoms with E-state index in [1.165, 1.54) is 6.07 Å². The Morgan fingerprint density at radius 3 is 2.60 bits per heavy atom. The molecule has 0 spiro atoms. The lowest BCUT2D eigenvalue weighted by molar-refractivity contribution is 0.295. The molecule has 0 N–H and O–H groups in total. The number of rotatable bonds is 4. The minimum atomic E-state index is -0.429. The third kappa shape index (κ3) is 3.90. The third-order valence-electron chi connectivity index (χ3n) is 4.23. The molecule has 2 rings (SSSR count). The summed E-state index contributed by atoms with van der Waals surface area (Å²) in [5.41, 5.74) is 1.06. The van der Waals surface area contributed by atoms with Crippen molar-refractivity contribution < 1.29 is 8.78 Å². The molecule has 0 amide bonds. The van der Waals surface area contributed by atoms with Crippen molar-refractivity contribution in [2.24, 2.45) is 11.8 Å². The molecule has 3 heteroatoms. The van der Waals surface area contributed by atoms with Crippen molar-refractivity contribution in [3.05, 3.63) is 47.5 Å². The number of aryl methyl sites for hydroxylation is 1. The molecule has 0 heterocycles. The summed E-state index contributed by atoms with van der Waals surface area (Å²) in [5.74, 6) is 0.614. The number of benzene rings is 1. The number of allylic oxidation sites excluding steroid dienone is 1. The summed E-state index contributed by atoms with van der Waals surface area (Å²) in [4.78, 5) is 0. The maximum absolute atomic E-state index is 13.5. The monoisotopic (exact) mass is 275 g/mol. The van der Waals surface area contributed by atoms with Gasteiger partial charge in [-0.1, -0.05) is 12.1 Å². The molecule has 0 aromatic heterocycles. The minimum Gasteiger partial charge on any atom is -0.216 e. The summed E-state index contributed by atoms with van der Waals surface area (Å²) in [6.45, 7) is 0. The van der Waals surface area contributed by atoms with Crippen LogP contribution < -0.4 is 0 Å². The van der Waals surface area contributed by atoms with Crippen molar-refractivity contribution in [1.29, 1.82) is 5.26 Å². The maximum Gasteiger partial charge on any atom is 0.141 e. The lowest BCUT2D eigenvalue weighted by Crippen LogP contribution is -2.13. The summed E-state index contributed by atoms with van der Waals surface area (Å²) in [5, 5.41) is 8.69. The highest BCUT2D eigenvalue weighted by Gasteiger charge is 2.19. The van der Waals surface area contributed by atoms with Gasteiger partial charge in [0.2, 0.25) is 0 Å². The first kappa shape index (κ1) is 14.7. The summed E-state index contributed by atoms with van der Waals surface area (Å²) >= 11 is 0. The molecule has 20 heavy (non-hydrogen) atoms. The van der Waals surface area contributed by atoms with Gasteiger partial charge in [0, 0.05) is 0 Å². The molecule has 0 aliphatic heterocycles. The standard InChI is InChI=1S/C17H19F2N/c18-10-9-14-3-1-13(2-4-14)5-6-15-7-8-16(12-20)17(19)11-15/h7-11,13-14H,1-6H2/b10-9+. The highest BCUT2D eigenvalue weighted by atomic mass is 19.1. The lowest BCUT2D eigenvalue weighted by atomic mass is 9.79. The second-order valence-electron chi connectivity index (χ2n) is 5.56. The maximum atomic E-state index is 13.5. The zero-order valence-corrected chi connectivity index (χ0v) is 11.5. The number of hydrogen-bond acceptors (Lipinski definition) is 1. The number of hydrogen-bond donors (Lipinski definition) is 0. The molecule has 1 nitrogen and oxygen atoms in total. The average Bonchev–Trinajstić information content (AvgIpc) is 2.47. The molecule has 0 unspecified atom stereocenters. The van der Waals surface area contributed by atoms with E-state index in [9.17, 15) is 8.78 Å². The predicted molar refractivity (Wildman–Crippen MR) is 75.1 cm³/mol. The van der Waals surface area contributed by atoms with Crippen LogP contribution in [0.3, 0.4) is 0 Å². The first-order valence-electron chi connectivity index (χ1n) is 7.18. The van der Waals surface area contributed by atoms with Gasteiger partial charge in [0.05, 0.1) is 11.9 Å². The fourth-order valence-electron chi connectivity index (χ4n) is 2.95. The van der Waals surface area contributed by atoms with Gasteiger partial charge in [0.25, 0.3) is 0 Å². The van der Waals surface area contributed by atoms with Crippen LogP contribution in [0.5, 0.6) is 0 Å². The number of nitriles is 1. The zero-order valence-electron chi connectivity index (χ0n) is 11.5. The molecule has 0 radical (unpaired) electrons. The van der Waals surface area contributed by atoms with Gasteiger partial charge in [-0.05, 0) is 68.1 Å². The van der Waals surface area contributed by atoms with Gasteiger partial charge < -0.3 is 0 Å². The fraction of sp³-hybridized carbons (Fsp3) is 0.471. The van der Waals surface area contributed by atoms with E-state index in [-0.39, 0.29) is 5.56 Å². The van der Waals surface area contributed by atoms with E-state index in [4.69, 9.17) is 5.26 Å². The SMILES string of the molecule is N#Cc1ccc(CCC2CCC(/C=C/F)CC2)cc1F. The van der Waals surface area contributed by atoms with Gasteiger partial charge in [0.1, 0.15) is 11.9 Å². The summed E-state index contributed by atoms with van der Waals surface area (Å²) in [6.07, 6.45) is 8.53. The first-order chi connectivity index (χ1) is 9.72. The van der Waals surface area contributed by atoms with E-state index in [1.54, 1.807) is 12.1 Å². The van der Waals surface area contributed by atoms with Gasteiger partial charge in [-0.15, -0.1) is 0 Å². The molecular weight excluding hydrogens is 256 g/mol. The van der Waals surface area contributed by atoms with Crippen LogP contribution in [0.2, 0.25) is 0 Å². The van der Waals surface area contributed by atoms with Crippen LogP contribution in [0.25, 0.3) is 0 Å². The Bertz CT molecular complexity index is 508. The minimum absolute atomic E-state index is 0.104. The van der Waals surface area contributed by atoms with E-state index in [1.807, 2.05) is 12.1 Å². The van der Waals surface area contributed by atoms with E-state index < -0.39 is 5.82 Å². The van der Waals surface area contributed by atoms with Crippen molar-refractivity contribution in [3.8, 4) is 6.07 Å². The first-order valence-corrected chi connectivity index (χ1v) is 7.18. The van der Waals surface area contributed by atoms with E-state index in [0.717, 1.165) is 44.1 Å². The van der Waals surface area contributed by atoms with Crippen LogP contribution in [0, 0.1) is 29.0 Å². The Kier molecular flexibility index (Phi) is 5.29. The van der Waals surface area contributed by atoms with Crippen molar-refractivity contribution in [1.82, 2.24) is 0 Å². The normalized spacial score (nSPS) is 22.9. The van der Waals surface area contributed by atoms with Crippen LogP contribution in [0.4, 0.5) is 8.78 Å². The van der Waals surface area contributed by atoms with Gasteiger partial charge in [0.15, 0.2) is 0 Å². The molecule has 106 valence electrons. The summed E-state index contributed by atoms with van der Waals surface area (Å²) < 4.78 is 25.6. The van der Waals surface area contributed by atoms with Crippen LogP contribution in [-0.2, 0) is 6.42 Å². The second kappa shape index (κ2) is 7.19. The topological polar surface area (TPSA) is 23.8 Å². The van der Waals surface area contributed by atoms with Crippen molar-refractivity contribution in [3.63, 3.8) is 0 Å². The highest BCUT2D eigenvalue weighted by molar-refractivity contribution is 5.33. The van der Waals surface area contributed by atoms with Crippen molar-refractivity contribution in [2.45, 2.75) is 38.5 Å². The zero-order chi connectivity index (χ0) is 14.4. The largest absolute Gasteiger partial charge is 0.216 e. The Hall–Kier alpha value is -1.69. The molecular formula is C17H19F2N. The molecule has 1 saturated carbocycles. The number of nitrogens with zero attached hydrogens (tertiary/aromatic N) is 1. The van der Waals surface area contributed by atoms with Crippen LogP contribution in [0.15, 0.2) is 30.6 Å². The van der Waals surface area contributed by atoms with E-state index in [0.29, 0.717) is 18.2 Å². The Labute approximate surface area is 118 Å². The van der Waals surface area contributed by atoms with Crippen molar-refractivity contribution in [2.75, 3.05) is 0 Å². The second-order valence-corrected chi connectivity index (χ2v) is 5.56. The van der Waals surface area contributed by atoms with Crippen LogP contribution in [-0.4, -0.2) is 0 Å². The molecule has 1 aliphatic rings. The Morgan fingerprint density at radius 2 is 2.00 bits per heavy atom. The molecule has 1 aromatic carbocycles. The lowest BCUT2D eigenvalue weighted by Gasteiger charge is -2.26. The molecule has 1 aromatic rings. The van der Waals surface area contributed by atoms with Crippen LogP contribution >= 0.6 is 0 Å². The molecule has 0 bridgehead atoms. The van der Waals surface area contributed by atoms with E-state index in [2.05, 4.69) is 0 Å². The Balaban J connectivity index is 1.82. The van der Waals surface area contributed by atoms with Crippen molar-refractivity contribution >= 4 is 0 Å². The van der Waals surface area contributed by atoms with Gasteiger partial charge >= 0.3 is 0 Å². The third-order valence-corrected chi connectivity index (χ3v) is 4.23. The quantitative estimate of drug-likeness (QED) is 0.765. The summed E-state index contributed by atoms with van der Waals surface area (Å²) in [7, 11) is 0. The van der Waals surface area contributed by atoms with Gasteiger partial charge in [-0.3, -0.25) is 0 Å². The van der Waals surface area contributed by atoms with Gasteiger partial charge in [-0.2, -0.15) is 5.26 Å². The van der Waals surface area contributed by atoms with E-state index >= 15 is 0 Å². The average molecular weight is 275 g/mol. The highest BCUT2D eigenvalue weighted by Crippen LogP contribution is 2.32. The molecule has 0 atom stereocenters. The number of halogens is 2. The smallest absolute Gasteiger partial charge is 0.141 e. The molecule has 0 saturated heterocycles.